The Morgan fingerprint density at radius 1 is 1.44 bits per heavy atom. The fourth-order valence-electron chi connectivity index (χ4n) is 1.80. The van der Waals surface area contributed by atoms with E-state index < -0.39 is 18.0 Å². The van der Waals surface area contributed by atoms with Crippen molar-refractivity contribution in [2.45, 2.75) is 25.1 Å². The van der Waals surface area contributed by atoms with Gasteiger partial charge >= 0.3 is 6.18 Å². The van der Waals surface area contributed by atoms with Crippen molar-refractivity contribution >= 4 is 5.71 Å². The van der Waals surface area contributed by atoms with Crippen LogP contribution in [-0.2, 0) is 7.05 Å². The second kappa shape index (κ2) is 4.56. The first-order valence-electron chi connectivity index (χ1n) is 5.40. The van der Waals surface area contributed by atoms with Crippen LogP contribution in [0.2, 0.25) is 0 Å². The van der Waals surface area contributed by atoms with E-state index in [0.29, 0.717) is 5.69 Å². The summed E-state index contributed by atoms with van der Waals surface area (Å²) in [5.74, 6) is 0. The number of rotatable bonds is 2. The van der Waals surface area contributed by atoms with E-state index in [0.717, 1.165) is 0 Å². The highest BCUT2D eigenvalue weighted by molar-refractivity contribution is 5.91. The maximum atomic E-state index is 12.5. The summed E-state index contributed by atoms with van der Waals surface area (Å²) in [7, 11) is 1.61. The monoisotopic (exact) mass is 259 g/mol. The summed E-state index contributed by atoms with van der Waals surface area (Å²) < 4.78 is 39.0. The molecule has 1 aliphatic heterocycles. The largest absolute Gasteiger partial charge is 0.429 e. The summed E-state index contributed by atoms with van der Waals surface area (Å²) in [6.45, 7) is 0. The van der Waals surface area contributed by atoms with Crippen LogP contribution in [0.3, 0.4) is 0 Å². The lowest BCUT2D eigenvalue weighted by Gasteiger charge is -2.18. The van der Waals surface area contributed by atoms with Gasteiger partial charge in [0.25, 0.3) is 0 Å². The third-order valence-corrected chi connectivity index (χ3v) is 2.75. The van der Waals surface area contributed by atoms with E-state index in [1.165, 1.54) is 17.0 Å². The Morgan fingerprint density at radius 2 is 2.17 bits per heavy atom. The first kappa shape index (κ1) is 12.8. The topological polar surface area (TPSA) is 50.4 Å². The maximum Gasteiger partial charge on any atom is 0.429 e. The van der Waals surface area contributed by atoms with Gasteiger partial charge in [-0.25, -0.2) is 4.99 Å². The molecule has 0 fully saturated rings. The van der Waals surface area contributed by atoms with Crippen LogP contribution in [0.4, 0.5) is 13.2 Å². The van der Waals surface area contributed by atoms with Crippen molar-refractivity contribution in [3.05, 3.63) is 29.7 Å². The van der Waals surface area contributed by atoms with E-state index in [-0.39, 0.29) is 18.5 Å². The molecule has 18 heavy (non-hydrogen) atoms. The van der Waals surface area contributed by atoms with Gasteiger partial charge in [0, 0.05) is 13.2 Å². The van der Waals surface area contributed by atoms with Crippen molar-refractivity contribution < 1.29 is 18.3 Å². The summed E-state index contributed by atoms with van der Waals surface area (Å²) >= 11 is 0. The summed E-state index contributed by atoms with van der Waals surface area (Å²) in [5.41, 5.74) is -0.410. The zero-order valence-corrected chi connectivity index (χ0v) is 9.65. The minimum atomic E-state index is -4.44. The third-order valence-electron chi connectivity index (χ3n) is 2.75. The zero-order chi connectivity index (χ0) is 13.3. The highest BCUT2D eigenvalue weighted by atomic mass is 19.4. The number of halogens is 3. The lowest BCUT2D eigenvalue weighted by Crippen LogP contribution is -2.25. The molecule has 1 aromatic heterocycles. The van der Waals surface area contributed by atoms with Crippen molar-refractivity contribution in [1.82, 2.24) is 9.78 Å². The number of aryl methyl sites for hydroxylation is 1. The van der Waals surface area contributed by atoms with Gasteiger partial charge < -0.3 is 5.11 Å². The predicted octanol–water partition coefficient (Wildman–Crippen LogP) is 2.13. The van der Waals surface area contributed by atoms with Gasteiger partial charge in [0.2, 0.25) is 0 Å². The second-order valence-corrected chi connectivity index (χ2v) is 4.01. The van der Waals surface area contributed by atoms with Gasteiger partial charge in [-0.05, 0) is 18.9 Å². The maximum absolute atomic E-state index is 12.5. The molecule has 1 atom stereocenters. The van der Waals surface area contributed by atoms with E-state index in [9.17, 15) is 18.3 Å². The average Bonchev–Trinajstić information content (AvgIpc) is 2.73. The molecule has 1 unspecified atom stereocenters. The van der Waals surface area contributed by atoms with Gasteiger partial charge in [0.1, 0.15) is 11.8 Å². The molecule has 0 saturated carbocycles. The molecule has 1 aliphatic rings. The average molecular weight is 259 g/mol. The number of allylic oxidation sites excluding steroid dienone is 1. The Hall–Kier alpha value is -1.63. The van der Waals surface area contributed by atoms with E-state index in [4.69, 9.17) is 0 Å². The van der Waals surface area contributed by atoms with E-state index in [1.807, 2.05) is 0 Å². The Morgan fingerprint density at radius 3 is 2.72 bits per heavy atom. The van der Waals surface area contributed by atoms with Crippen LogP contribution in [0.25, 0.3) is 0 Å². The first-order chi connectivity index (χ1) is 8.39. The van der Waals surface area contributed by atoms with Crippen molar-refractivity contribution in [3.8, 4) is 0 Å². The molecule has 4 nitrogen and oxygen atoms in total. The van der Waals surface area contributed by atoms with Crippen molar-refractivity contribution in [2.24, 2.45) is 12.0 Å². The SMILES string of the molecule is Cn1nccc1C(O)C1=CCCC(C(F)(F)F)=N1. The fourth-order valence-corrected chi connectivity index (χ4v) is 1.80. The van der Waals surface area contributed by atoms with Crippen LogP contribution in [0.15, 0.2) is 29.0 Å². The van der Waals surface area contributed by atoms with Crippen LogP contribution in [0, 0.1) is 0 Å². The van der Waals surface area contributed by atoms with Crippen LogP contribution in [0.5, 0.6) is 0 Å². The predicted molar refractivity (Wildman–Crippen MR) is 59.0 cm³/mol. The number of aliphatic hydroxyl groups is 1. The number of hydrogen-bond donors (Lipinski definition) is 1. The number of aliphatic hydroxyl groups excluding tert-OH is 1. The molecule has 0 bridgehead atoms. The molecule has 0 amide bonds. The molecule has 0 saturated heterocycles. The minimum absolute atomic E-state index is 0.0252. The Balaban J connectivity index is 2.27. The highest BCUT2D eigenvalue weighted by Gasteiger charge is 2.36. The summed E-state index contributed by atoms with van der Waals surface area (Å²) in [6, 6.07) is 1.54. The lowest BCUT2D eigenvalue weighted by atomic mass is 10.1. The second-order valence-electron chi connectivity index (χ2n) is 4.01. The van der Waals surface area contributed by atoms with Gasteiger partial charge in [-0.1, -0.05) is 6.08 Å². The minimum Gasteiger partial charge on any atom is -0.380 e. The van der Waals surface area contributed by atoms with Crippen LogP contribution < -0.4 is 0 Å². The first-order valence-corrected chi connectivity index (χ1v) is 5.40. The molecule has 98 valence electrons. The fraction of sp³-hybridized carbons (Fsp3) is 0.455. The van der Waals surface area contributed by atoms with Gasteiger partial charge in [0.15, 0.2) is 0 Å². The summed E-state index contributed by atoms with van der Waals surface area (Å²) in [4.78, 5) is 3.51. The molecule has 2 heterocycles. The summed E-state index contributed by atoms with van der Waals surface area (Å²) in [5, 5.41) is 13.9. The van der Waals surface area contributed by atoms with E-state index in [1.54, 1.807) is 13.1 Å². The standard InChI is InChI=1S/C11H12F3N3O/c1-17-8(5-6-15-17)10(18)7-3-2-4-9(16-7)11(12,13)14/h3,5-6,10,18H,2,4H2,1H3. The van der Waals surface area contributed by atoms with Crippen molar-refractivity contribution in [1.29, 1.82) is 0 Å². The molecular formula is C11H12F3N3O. The molecule has 7 heteroatoms. The Kier molecular flexibility index (Phi) is 3.25. The molecule has 0 radical (unpaired) electrons. The van der Waals surface area contributed by atoms with Crippen molar-refractivity contribution in [3.63, 3.8) is 0 Å². The van der Waals surface area contributed by atoms with Crippen molar-refractivity contribution in [2.75, 3.05) is 0 Å². The molecular weight excluding hydrogens is 247 g/mol. The molecule has 1 N–H and O–H groups in total. The number of aliphatic imine (C=N–C) groups is 1. The number of hydrogen-bond acceptors (Lipinski definition) is 3. The van der Waals surface area contributed by atoms with E-state index >= 15 is 0 Å². The third kappa shape index (κ3) is 2.45. The van der Waals surface area contributed by atoms with Gasteiger partial charge in [-0.3, -0.25) is 4.68 Å². The van der Waals surface area contributed by atoms with Gasteiger partial charge in [-0.15, -0.1) is 0 Å². The number of aromatic nitrogens is 2. The Bertz CT molecular complexity index is 502. The lowest BCUT2D eigenvalue weighted by molar-refractivity contribution is -0.0607. The smallest absolute Gasteiger partial charge is 0.380 e. The molecule has 0 spiro atoms. The molecule has 0 aliphatic carbocycles. The highest BCUT2D eigenvalue weighted by Crippen LogP contribution is 2.30. The molecule has 0 aromatic carbocycles. The molecule has 2 rings (SSSR count). The van der Waals surface area contributed by atoms with Gasteiger partial charge in [-0.2, -0.15) is 18.3 Å². The number of alkyl halides is 3. The number of nitrogens with zero attached hydrogens (tertiary/aromatic N) is 3. The van der Waals surface area contributed by atoms with Crippen LogP contribution in [-0.4, -0.2) is 26.8 Å². The van der Waals surface area contributed by atoms with Crippen LogP contribution in [0.1, 0.15) is 24.6 Å². The normalized spacial score (nSPS) is 18.3. The zero-order valence-electron chi connectivity index (χ0n) is 9.65. The van der Waals surface area contributed by atoms with E-state index in [2.05, 4.69) is 10.1 Å². The van der Waals surface area contributed by atoms with Crippen LogP contribution >= 0.6 is 0 Å². The van der Waals surface area contributed by atoms with Gasteiger partial charge in [0.05, 0.1) is 11.4 Å². The summed E-state index contributed by atoms with van der Waals surface area (Å²) in [6.07, 6.45) is -2.56. The molecule has 1 aromatic rings. The quantitative estimate of drug-likeness (QED) is 0.884. The Labute approximate surface area is 101 Å².